The lowest BCUT2D eigenvalue weighted by Crippen LogP contribution is -2.22. The Balaban J connectivity index is 1.74. The smallest absolute Gasteiger partial charge is 0.195 e. The zero-order valence-corrected chi connectivity index (χ0v) is 11.2. The summed E-state index contributed by atoms with van der Waals surface area (Å²) in [5, 5.41) is 3.41. The number of nitrogens with one attached hydrogen (secondary N) is 1. The van der Waals surface area contributed by atoms with E-state index < -0.39 is 0 Å². The molecule has 1 aromatic rings. The Kier molecular flexibility index (Phi) is 4.21. The van der Waals surface area contributed by atoms with Crippen molar-refractivity contribution in [3.8, 4) is 0 Å². The summed E-state index contributed by atoms with van der Waals surface area (Å²) >= 11 is 0. The summed E-state index contributed by atoms with van der Waals surface area (Å²) in [6, 6.07) is 0. The summed E-state index contributed by atoms with van der Waals surface area (Å²) in [7, 11) is 0. The summed E-state index contributed by atoms with van der Waals surface area (Å²) in [5.41, 5.74) is 0. The third-order valence-electron chi connectivity index (χ3n) is 3.42. The van der Waals surface area contributed by atoms with Crippen LogP contribution in [0.15, 0.2) is 10.6 Å². The van der Waals surface area contributed by atoms with Crippen LogP contribution in [0.2, 0.25) is 0 Å². The van der Waals surface area contributed by atoms with Crippen molar-refractivity contribution in [2.75, 3.05) is 13.1 Å². The largest absolute Gasteiger partial charge is 0.445 e. The van der Waals surface area contributed by atoms with Crippen LogP contribution in [0, 0.1) is 11.8 Å². The van der Waals surface area contributed by atoms with Gasteiger partial charge in [-0.15, -0.1) is 0 Å². The monoisotopic (exact) mass is 236 g/mol. The minimum atomic E-state index is 0.555. The lowest BCUT2D eigenvalue weighted by Gasteiger charge is -2.06. The van der Waals surface area contributed by atoms with E-state index >= 15 is 0 Å². The number of hydrogen-bond acceptors (Lipinski definition) is 3. The Morgan fingerprint density at radius 1 is 1.41 bits per heavy atom. The summed E-state index contributed by atoms with van der Waals surface area (Å²) < 4.78 is 5.80. The number of aromatic nitrogens is 1. The first-order valence-corrected chi connectivity index (χ1v) is 6.82. The molecule has 0 aliphatic heterocycles. The van der Waals surface area contributed by atoms with Gasteiger partial charge in [-0.25, -0.2) is 4.98 Å². The molecular weight excluding hydrogens is 212 g/mol. The lowest BCUT2D eigenvalue weighted by molar-refractivity contribution is 0.411. The highest BCUT2D eigenvalue weighted by Gasteiger charge is 2.31. The number of oxazole rings is 1. The molecule has 0 radical (unpaired) electrons. The molecule has 1 unspecified atom stereocenters. The molecular formula is C14H24N2O. The Morgan fingerprint density at radius 3 is 2.82 bits per heavy atom. The fourth-order valence-corrected chi connectivity index (χ4v) is 2.07. The van der Waals surface area contributed by atoms with E-state index in [9.17, 15) is 0 Å². The van der Waals surface area contributed by atoms with Crippen LogP contribution in [-0.4, -0.2) is 18.1 Å². The molecule has 1 fully saturated rings. The molecule has 0 bridgehead atoms. The molecule has 3 nitrogen and oxygen atoms in total. The van der Waals surface area contributed by atoms with Gasteiger partial charge in [0.1, 0.15) is 5.76 Å². The van der Waals surface area contributed by atoms with Crippen LogP contribution in [0.1, 0.15) is 51.2 Å². The van der Waals surface area contributed by atoms with Gasteiger partial charge in [-0.2, -0.15) is 0 Å². The van der Waals surface area contributed by atoms with Crippen molar-refractivity contribution in [3.05, 3.63) is 17.8 Å². The minimum Gasteiger partial charge on any atom is -0.445 e. The van der Waals surface area contributed by atoms with Gasteiger partial charge < -0.3 is 9.73 Å². The van der Waals surface area contributed by atoms with E-state index in [0.29, 0.717) is 11.8 Å². The van der Waals surface area contributed by atoms with E-state index in [4.69, 9.17) is 4.42 Å². The second kappa shape index (κ2) is 5.67. The Hall–Kier alpha value is -0.830. The summed E-state index contributed by atoms with van der Waals surface area (Å²) in [4.78, 5) is 4.36. The van der Waals surface area contributed by atoms with E-state index in [0.717, 1.165) is 37.1 Å². The Morgan fingerprint density at radius 2 is 2.18 bits per heavy atom. The third-order valence-corrected chi connectivity index (χ3v) is 3.42. The van der Waals surface area contributed by atoms with Crippen molar-refractivity contribution in [1.29, 1.82) is 0 Å². The van der Waals surface area contributed by atoms with Crippen LogP contribution >= 0.6 is 0 Å². The molecule has 96 valence electrons. The van der Waals surface area contributed by atoms with E-state index in [-0.39, 0.29) is 0 Å². The van der Waals surface area contributed by atoms with Gasteiger partial charge in [-0.3, -0.25) is 0 Å². The number of rotatable bonds is 7. The molecule has 1 heterocycles. The van der Waals surface area contributed by atoms with Crippen LogP contribution in [0.4, 0.5) is 0 Å². The molecule has 1 N–H and O–H groups in total. The van der Waals surface area contributed by atoms with Crippen molar-refractivity contribution < 1.29 is 4.42 Å². The van der Waals surface area contributed by atoms with Crippen LogP contribution in [0.5, 0.6) is 0 Å². The van der Waals surface area contributed by atoms with Crippen LogP contribution in [0.25, 0.3) is 0 Å². The molecule has 1 aliphatic carbocycles. The maximum Gasteiger partial charge on any atom is 0.195 e. The quantitative estimate of drug-likeness (QED) is 0.740. The predicted molar refractivity (Wildman–Crippen MR) is 69.1 cm³/mol. The van der Waals surface area contributed by atoms with Crippen molar-refractivity contribution in [3.63, 3.8) is 0 Å². The molecule has 0 amide bonds. The maximum absolute atomic E-state index is 5.80. The molecule has 2 rings (SSSR count). The summed E-state index contributed by atoms with van der Waals surface area (Å²) in [6.45, 7) is 8.70. The molecule has 0 spiro atoms. The first-order valence-electron chi connectivity index (χ1n) is 6.82. The predicted octanol–water partition coefficient (Wildman–Crippen LogP) is 2.98. The van der Waals surface area contributed by atoms with Gasteiger partial charge in [0.2, 0.25) is 0 Å². The van der Waals surface area contributed by atoms with Gasteiger partial charge in [0.15, 0.2) is 5.89 Å². The molecule has 0 aromatic carbocycles. The Bertz CT molecular complexity index is 342. The number of nitrogens with zero attached hydrogens (tertiary/aromatic N) is 1. The van der Waals surface area contributed by atoms with Gasteiger partial charge >= 0.3 is 0 Å². The standard InChI is InChI=1S/C14H24N2O/c1-10(2)8-15-7-6-14-16-9-13(17-14)11(3)12-4-5-12/h9-12,15H,4-8H2,1-3H3. The average molecular weight is 236 g/mol. The van der Waals surface area contributed by atoms with Crippen LogP contribution < -0.4 is 5.32 Å². The highest BCUT2D eigenvalue weighted by atomic mass is 16.4. The first kappa shape index (κ1) is 12.6. The first-order chi connectivity index (χ1) is 8.16. The Labute approximate surface area is 104 Å². The third kappa shape index (κ3) is 3.84. The second-order valence-corrected chi connectivity index (χ2v) is 5.63. The van der Waals surface area contributed by atoms with Crippen molar-refractivity contribution in [1.82, 2.24) is 10.3 Å². The van der Waals surface area contributed by atoms with Gasteiger partial charge in [0.05, 0.1) is 6.20 Å². The zero-order chi connectivity index (χ0) is 12.3. The zero-order valence-electron chi connectivity index (χ0n) is 11.2. The van der Waals surface area contributed by atoms with E-state index in [1.807, 2.05) is 6.20 Å². The molecule has 1 aliphatic rings. The van der Waals surface area contributed by atoms with E-state index in [1.165, 1.54) is 12.8 Å². The lowest BCUT2D eigenvalue weighted by atomic mass is 10.0. The van der Waals surface area contributed by atoms with Gasteiger partial charge in [0, 0.05) is 18.9 Å². The fourth-order valence-electron chi connectivity index (χ4n) is 2.07. The highest BCUT2D eigenvalue weighted by molar-refractivity contribution is 5.05. The molecule has 1 aromatic heterocycles. The van der Waals surface area contributed by atoms with Gasteiger partial charge in [-0.1, -0.05) is 20.8 Å². The fraction of sp³-hybridized carbons (Fsp3) is 0.786. The van der Waals surface area contributed by atoms with Crippen molar-refractivity contribution in [2.24, 2.45) is 11.8 Å². The average Bonchev–Trinajstić information content (AvgIpc) is 3.03. The molecule has 1 saturated carbocycles. The SMILES string of the molecule is CC(C)CNCCc1ncc(C(C)C2CC2)o1. The second-order valence-electron chi connectivity index (χ2n) is 5.63. The highest BCUT2D eigenvalue weighted by Crippen LogP contribution is 2.42. The van der Waals surface area contributed by atoms with Crippen LogP contribution in [0.3, 0.4) is 0 Å². The molecule has 0 saturated heterocycles. The van der Waals surface area contributed by atoms with E-state index in [1.54, 1.807) is 0 Å². The maximum atomic E-state index is 5.80. The normalized spacial score (nSPS) is 17.6. The molecule has 3 heteroatoms. The number of hydrogen-bond donors (Lipinski definition) is 1. The summed E-state index contributed by atoms with van der Waals surface area (Å²) in [6.07, 6.45) is 5.52. The summed E-state index contributed by atoms with van der Waals surface area (Å²) in [5.74, 6) is 4.05. The topological polar surface area (TPSA) is 38.1 Å². The van der Waals surface area contributed by atoms with Crippen molar-refractivity contribution in [2.45, 2.75) is 46.0 Å². The van der Waals surface area contributed by atoms with Gasteiger partial charge in [-0.05, 0) is 31.2 Å². The van der Waals surface area contributed by atoms with Gasteiger partial charge in [0.25, 0.3) is 0 Å². The minimum absolute atomic E-state index is 0.555. The molecule has 17 heavy (non-hydrogen) atoms. The molecule has 1 atom stereocenters. The van der Waals surface area contributed by atoms with Crippen molar-refractivity contribution >= 4 is 0 Å². The van der Waals surface area contributed by atoms with E-state index in [2.05, 4.69) is 31.1 Å². The van der Waals surface area contributed by atoms with Crippen LogP contribution in [-0.2, 0) is 6.42 Å².